The molecular formula is C16H24N2O2. The van der Waals surface area contributed by atoms with E-state index in [2.05, 4.69) is 35.3 Å². The highest BCUT2D eigenvalue weighted by Gasteiger charge is 2.20. The fourth-order valence-corrected chi connectivity index (χ4v) is 2.98. The third-order valence-electron chi connectivity index (χ3n) is 4.09. The molecule has 1 fully saturated rings. The number of fused-ring (bicyclic) bond motifs is 1. The summed E-state index contributed by atoms with van der Waals surface area (Å²) < 4.78 is 11.6. The molecule has 2 aliphatic heterocycles. The number of nitrogens with one attached hydrogen (secondary N) is 1. The van der Waals surface area contributed by atoms with E-state index in [9.17, 15) is 0 Å². The lowest BCUT2D eigenvalue weighted by molar-refractivity contribution is 0.0721. The van der Waals surface area contributed by atoms with Crippen LogP contribution in [-0.4, -0.2) is 43.9 Å². The SMILES string of the molecule is CCN(Cc1cccc2c1OCCN2)CC1CCCO1. The molecule has 0 spiro atoms. The van der Waals surface area contributed by atoms with Crippen LogP contribution in [0.15, 0.2) is 18.2 Å². The Morgan fingerprint density at radius 2 is 2.30 bits per heavy atom. The van der Waals surface area contributed by atoms with E-state index in [-0.39, 0.29) is 0 Å². The Labute approximate surface area is 121 Å². The molecule has 1 unspecified atom stereocenters. The molecule has 0 aliphatic carbocycles. The van der Waals surface area contributed by atoms with Gasteiger partial charge in [-0.1, -0.05) is 19.1 Å². The highest BCUT2D eigenvalue weighted by atomic mass is 16.5. The summed E-state index contributed by atoms with van der Waals surface area (Å²) in [5.74, 6) is 1.03. The van der Waals surface area contributed by atoms with Gasteiger partial charge in [0.2, 0.25) is 0 Å². The van der Waals surface area contributed by atoms with E-state index < -0.39 is 0 Å². The van der Waals surface area contributed by atoms with Gasteiger partial charge in [0.15, 0.2) is 0 Å². The lowest BCUT2D eigenvalue weighted by Gasteiger charge is -2.27. The quantitative estimate of drug-likeness (QED) is 0.896. The van der Waals surface area contributed by atoms with Crippen LogP contribution in [0.25, 0.3) is 0 Å². The van der Waals surface area contributed by atoms with Crippen LogP contribution in [0, 0.1) is 0 Å². The van der Waals surface area contributed by atoms with Crippen molar-refractivity contribution in [2.45, 2.75) is 32.4 Å². The minimum Gasteiger partial charge on any atom is -0.489 e. The normalized spacial score (nSPS) is 21.4. The van der Waals surface area contributed by atoms with E-state index in [0.717, 1.165) is 50.8 Å². The van der Waals surface area contributed by atoms with Crippen LogP contribution in [0.1, 0.15) is 25.3 Å². The molecule has 0 bridgehead atoms. The maximum atomic E-state index is 5.85. The van der Waals surface area contributed by atoms with E-state index in [1.54, 1.807) is 0 Å². The molecule has 0 radical (unpaired) electrons. The first kappa shape index (κ1) is 13.7. The Balaban J connectivity index is 1.68. The van der Waals surface area contributed by atoms with Gasteiger partial charge in [0.05, 0.1) is 11.8 Å². The summed E-state index contributed by atoms with van der Waals surface area (Å²) in [5.41, 5.74) is 2.40. The second kappa shape index (κ2) is 6.46. The second-order valence-electron chi connectivity index (χ2n) is 5.53. The van der Waals surface area contributed by atoms with E-state index >= 15 is 0 Å². The van der Waals surface area contributed by atoms with Crippen molar-refractivity contribution in [2.24, 2.45) is 0 Å². The van der Waals surface area contributed by atoms with Gasteiger partial charge in [-0.25, -0.2) is 0 Å². The summed E-state index contributed by atoms with van der Waals surface area (Å²) in [7, 11) is 0. The van der Waals surface area contributed by atoms with Crippen LogP contribution < -0.4 is 10.1 Å². The summed E-state index contributed by atoms with van der Waals surface area (Å²) in [4.78, 5) is 2.45. The minimum atomic E-state index is 0.411. The van der Waals surface area contributed by atoms with E-state index in [4.69, 9.17) is 9.47 Å². The first-order valence-corrected chi connectivity index (χ1v) is 7.69. The van der Waals surface area contributed by atoms with Crippen LogP contribution >= 0.6 is 0 Å². The molecule has 4 nitrogen and oxygen atoms in total. The molecule has 20 heavy (non-hydrogen) atoms. The second-order valence-corrected chi connectivity index (χ2v) is 5.53. The van der Waals surface area contributed by atoms with Crippen molar-refractivity contribution in [3.63, 3.8) is 0 Å². The molecule has 110 valence electrons. The van der Waals surface area contributed by atoms with Crippen molar-refractivity contribution >= 4 is 5.69 Å². The topological polar surface area (TPSA) is 33.7 Å². The summed E-state index contributed by atoms with van der Waals surface area (Å²) in [6, 6.07) is 6.37. The number of benzene rings is 1. The van der Waals surface area contributed by atoms with Gasteiger partial charge >= 0.3 is 0 Å². The molecule has 0 saturated carbocycles. The zero-order valence-corrected chi connectivity index (χ0v) is 12.2. The predicted molar refractivity (Wildman–Crippen MR) is 80.4 cm³/mol. The zero-order valence-electron chi connectivity index (χ0n) is 12.2. The first-order chi connectivity index (χ1) is 9.86. The van der Waals surface area contributed by atoms with Crippen LogP contribution in [0.3, 0.4) is 0 Å². The Bertz CT molecular complexity index is 444. The van der Waals surface area contributed by atoms with E-state index in [1.807, 2.05) is 0 Å². The molecule has 1 saturated heterocycles. The number of likely N-dealkylation sites (N-methyl/N-ethyl adjacent to an activating group) is 1. The van der Waals surface area contributed by atoms with Crippen LogP contribution in [0.5, 0.6) is 5.75 Å². The molecule has 1 aromatic carbocycles. The molecule has 0 aromatic heterocycles. The Morgan fingerprint density at radius 1 is 1.35 bits per heavy atom. The van der Waals surface area contributed by atoms with Gasteiger partial charge in [0.25, 0.3) is 0 Å². The van der Waals surface area contributed by atoms with Gasteiger partial charge < -0.3 is 14.8 Å². The fraction of sp³-hybridized carbons (Fsp3) is 0.625. The van der Waals surface area contributed by atoms with Crippen molar-refractivity contribution < 1.29 is 9.47 Å². The maximum Gasteiger partial charge on any atom is 0.146 e. The van der Waals surface area contributed by atoms with Crippen molar-refractivity contribution in [1.29, 1.82) is 0 Å². The molecule has 1 atom stereocenters. The van der Waals surface area contributed by atoms with Crippen molar-refractivity contribution in [1.82, 2.24) is 4.90 Å². The summed E-state index contributed by atoms with van der Waals surface area (Å²) in [5, 5.41) is 3.40. The Kier molecular flexibility index (Phi) is 4.43. The molecular weight excluding hydrogens is 252 g/mol. The smallest absolute Gasteiger partial charge is 0.146 e. The van der Waals surface area contributed by atoms with Crippen LogP contribution in [0.2, 0.25) is 0 Å². The molecule has 0 amide bonds. The average Bonchev–Trinajstić information content (AvgIpc) is 3.00. The number of hydrogen-bond acceptors (Lipinski definition) is 4. The van der Waals surface area contributed by atoms with Crippen LogP contribution in [0.4, 0.5) is 5.69 Å². The third kappa shape index (κ3) is 3.07. The van der Waals surface area contributed by atoms with Crippen molar-refractivity contribution in [3.8, 4) is 5.75 Å². The monoisotopic (exact) mass is 276 g/mol. The summed E-state index contributed by atoms with van der Waals surface area (Å²) >= 11 is 0. The minimum absolute atomic E-state index is 0.411. The largest absolute Gasteiger partial charge is 0.489 e. The van der Waals surface area contributed by atoms with E-state index in [0.29, 0.717) is 6.10 Å². The Morgan fingerprint density at radius 3 is 3.10 bits per heavy atom. The zero-order chi connectivity index (χ0) is 13.8. The van der Waals surface area contributed by atoms with Gasteiger partial charge in [-0.2, -0.15) is 0 Å². The first-order valence-electron chi connectivity index (χ1n) is 7.69. The molecule has 3 rings (SSSR count). The molecule has 2 aliphatic rings. The highest BCUT2D eigenvalue weighted by Crippen LogP contribution is 2.32. The van der Waals surface area contributed by atoms with Gasteiger partial charge in [-0.05, 0) is 25.5 Å². The fourth-order valence-electron chi connectivity index (χ4n) is 2.98. The van der Waals surface area contributed by atoms with Crippen molar-refractivity contribution in [2.75, 3.05) is 38.2 Å². The highest BCUT2D eigenvalue weighted by molar-refractivity contribution is 5.61. The van der Waals surface area contributed by atoms with Gasteiger partial charge in [0, 0.05) is 31.8 Å². The predicted octanol–water partition coefficient (Wildman–Crippen LogP) is 2.49. The summed E-state index contributed by atoms with van der Waals surface area (Å²) in [6.07, 6.45) is 2.81. The number of hydrogen-bond donors (Lipinski definition) is 1. The van der Waals surface area contributed by atoms with E-state index in [1.165, 1.54) is 18.4 Å². The lowest BCUT2D eigenvalue weighted by atomic mass is 10.1. The number of nitrogens with zero attached hydrogens (tertiary/aromatic N) is 1. The average molecular weight is 276 g/mol. The standard InChI is InChI=1S/C16H24N2O2/c1-2-18(12-14-6-4-9-19-14)11-13-5-3-7-15-16(13)20-10-8-17-15/h3,5,7,14,17H,2,4,6,8-12H2,1H3. The number of anilines is 1. The van der Waals surface area contributed by atoms with Crippen molar-refractivity contribution in [3.05, 3.63) is 23.8 Å². The third-order valence-corrected chi connectivity index (χ3v) is 4.09. The Hall–Kier alpha value is -1.26. The van der Waals surface area contributed by atoms with Crippen LogP contribution in [-0.2, 0) is 11.3 Å². The maximum absolute atomic E-state index is 5.85. The van der Waals surface area contributed by atoms with Gasteiger partial charge in [0.1, 0.15) is 12.4 Å². The van der Waals surface area contributed by atoms with Gasteiger partial charge in [-0.15, -0.1) is 0 Å². The molecule has 2 heterocycles. The molecule has 4 heteroatoms. The molecule has 1 N–H and O–H groups in total. The number of rotatable bonds is 5. The number of ether oxygens (including phenoxy) is 2. The lowest BCUT2D eigenvalue weighted by Crippen LogP contribution is -2.32. The number of para-hydroxylation sites is 1. The molecule has 1 aromatic rings. The summed E-state index contributed by atoms with van der Waals surface area (Å²) in [6.45, 7) is 7.77. The van der Waals surface area contributed by atoms with Gasteiger partial charge in [-0.3, -0.25) is 4.90 Å².